The van der Waals surface area contributed by atoms with Gasteiger partial charge in [0.2, 0.25) is 0 Å². The van der Waals surface area contributed by atoms with Gasteiger partial charge in [-0.3, -0.25) is 4.79 Å². The Kier molecular flexibility index (Phi) is 5.71. The zero-order chi connectivity index (χ0) is 17.6. The predicted molar refractivity (Wildman–Crippen MR) is 103 cm³/mol. The third-order valence-electron chi connectivity index (χ3n) is 4.98. The van der Waals surface area contributed by atoms with Crippen LogP contribution in [0.4, 0.5) is 11.4 Å². The van der Waals surface area contributed by atoms with Crippen molar-refractivity contribution in [3.05, 3.63) is 59.7 Å². The Morgan fingerprint density at radius 2 is 1.76 bits per heavy atom. The molecule has 2 aromatic carbocycles. The summed E-state index contributed by atoms with van der Waals surface area (Å²) in [6, 6.07) is 16.6. The van der Waals surface area contributed by atoms with Gasteiger partial charge < -0.3 is 15.1 Å². The summed E-state index contributed by atoms with van der Waals surface area (Å²) in [6.07, 6.45) is 1.02. The van der Waals surface area contributed by atoms with Gasteiger partial charge in [0.15, 0.2) is 6.54 Å². The first-order valence-electron chi connectivity index (χ1n) is 9.18. The number of carbonyl (C=O) groups is 1. The van der Waals surface area contributed by atoms with Crippen LogP contribution in [-0.4, -0.2) is 38.6 Å². The van der Waals surface area contributed by atoms with E-state index in [-0.39, 0.29) is 5.91 Å². The third kappa shape index (κ3) is 4.60. The SMILES string of the molecule is CCc1ccc(NC(=O)C[NH+]2CCN(c3ccccc3C)CC2)cc1. The normalized spacial score (nSPS) is 15.2. The fourth-order valence-electron chi connectivity index (χ4n) is 3.41. The molecule has 25 heavy (non-hydrogen) atoms. The molecule has 2 aromatic rings. The van der Waals surface area contributed by atoms with E-state index in [9.17, 15) is 4.79 Å². The van der Waals surface area contributed by atoms with Gasteiger partial charge in [-0.1, -0.05) is 37.3 Å². The Balaban J connectivity index is 1.48. The maximum atomic E-state index is 12.3. The van der Waals surface area contributed by atoms with Gasteiger partial charge in [0.1, 0.15) is 0 Å². The minimum absolute atomic E-state index is 0.101. The highest BCUT2D eigenvalue weighted by Crippen LogP contribution is 2.18. The average Bonchev–Trinajstić information content (AvgIpc) is 2.63. The summed E-state index contributed by atoms with van der Waals surface area (Å²) in [6.45, 7) is 8.82. The highest BCUT2D eigenvalue weighted by molar-refractivity contribution is 5.91. The van der Waals surface area contributed by atoms with E-state index in [0.717, 1.165) is 38.3 Å². The Bertz CT molecular complexity index is 703. The number of hydrogen-bond acceptors (Lipinski definition) is 2. The molecule has 1 aliphatic heterocycles. The molecule has 1 fully saturated rings. The summed E-state index contributed by atoms with van der Waals surface area (Å²) in [5.41, 5.74) is 4.82. The molecule has 1 saturated heterocycles. The minimum Gasteiger partial charge on any atom is -0.360 e. The first-order valence-corrected chi connectivity index (χ1v) is 9.18. The summed E-state index contributed by atoms with van der Waals surface area (Å²) in [4.78, 5) is 16.1. The van der Waals surface area contributed by atoms with Gasteiger partial charge >= 0.3 is 0 Å². The van der Waals surface area contributed by atoms with E-state index < -0.39 is 0 Å². The molecule has 0 bridgehead atoms. The van der Waals surface area contributed by atoms with E-state index >= 15 is 0 Å². The van der Waals surface area contributed by atoms with Crippen molar-refractivity contribution in [3.63, 3.8) is 0 Å². The third-order valence-corrected chi connectivity index (χ3v) is 4.98. The largest absolute Gasteiger partial charge is 0.360 e. The van der Waals surface area contributed by atoms with Gasteiger partial charge in [0.25, 0.3) is 5.91 Å². The summed E-state index contributed by atoms with van der Waals surface area (Å²) >= 11 is 0. The summed E-state index contributed by atoms with van der Waals surface area (Å²) < 4.78 is 0. The standard InChI is InChI=1S/C21H27N3O/c1-3-18-8-10-19(11-9-18)22-21(25)16-23-12-14-24(15-13-23)20-7-5-4-6-17(20)2/h4-11H,3,12-16H2,1-2H3,(H,22,25)/p+1. The van der Waals surface area contributed by atoms with Crippen LogP contribution < -0.4 is 15.1 Å². The number of para-hydroxylation sites is 1. The lowest BCUT2D eigenvalue weighted by atomic mass is 10.1. The summed E-state index contributed by atoms with van der Waals surface area (Å²) in [5, 5.41) is 3.02. The van der Waals surface area contributed by atoms with Gasteiger partial charge in [0, 0.05) is 11.4 Å². The van der Waals surface area contributed by atoms with E-state index in [4.69, 9.17) is 0 Å². The molecule has 0 aliphatic carbocycles. The topological polar surface area (TPSA) is 36.8 Å². The van der Waals surface area contributed by atoms with Crippen molar-refractivity contribution >= 4 is 17.3 Å². The lowest BCUT2D eigenvalue weighted by Crippen LogP contribution is -3.15. The van der Waals surface area contributed by atoms with Gasteiger partial charge in [-0.2, -0.15) is 0 Å². The quantitative estimate of drug-likeness (QED) is 0.874. The highest BCUT2D eigenvalue weighted by atomic mass is 16.2. The maximum Gasteiger partial charge on any atom is 0.279 e. The lowest BCUT2D eigenvalue weighted by Gasteiger charge is -2.34. The highest BCUT2D eigenvalue weighted by Gasteiger charge is 2.23. The Hall–Kier alpha value is -2.33. The van der Waals surface area contributed by atoms with Crippen molar-refractivity contribution < 1.29 is 9.69 Å². The van der Waals surface area contributed by atoms with Crippen molar-refractivity contribution in [3.8, 4) is 0 Å². The number of benzene rings is 2. The molecule has 1 aliphatic rings. The molecular weight excluding hydrogens is 310 g/mol. The number of quaternary nitrogens is 1. The number of hydrogen-bond donors (Lipinski definition) is 2. The van der Waals surface area contributed by atoms with Crippen LogP contribution >= 0.6 is 0 Å². The predicted octanol–water partition coefficient (Wildman–Crippen LogP) is 1.90. The van der Waals surface area contributed by atoms with Crippen LogP contribution in [0.2, 0.25) is 0 Å². The first kappa shape index (κ1) is 17.5. The molecule has 132 valence electrons. The van der Waals surface area contributed by atoms with Crippen LogP contribution in [0.15, 0.2) is 48.5 Å². The number of anilines is 2. The van der Waals surface area contributed by atoms with Crippen molar-refractivity contribution in [2.75, 3.05) is 42.9 Å². The number of rotatable bonds is 5. The summed E-state index contributed by atoms with van der Waals surface area (Å²) in [5.74, 6) is 0.101. The molecular formula is C21H28N3O+. The van der Waals surface area contributed by atoms with Gasteiger partial charge in [-0.25, -0.2) is 0 Å². The fourth-order valence-corrected chi connectivity index (χ4v) is 3.41. The van der Waals surface area contributed by atoms with E-state index in [1.807, 2.05) is 12.1 Å². The molecule has 4 heteroatoms. The van der Waals surface area contributed by atoms with E-state index in [2.05, 4.69) is 60.5 Å². The molecule has 4 nitrogen and oxygen atoms in total. The second-order valence-electron chi connectivity index (χ2n) is 6.80. The zero-order valence-electron chi connectivity index (χ0n) is 15.2. The first-order chi connectivity index (χ1) is 12.2. The maximum absolute atomic E-state index is 12.3. The number of carbonyl (C=O) groups excluding carboxylic acids is 1. The zero-order valence-corrected chi connectivity index (χ0v) is 15.2. The Morgan fingerprint density at radius 1 is 1.08 bits per heavy atom. The molecule has 2 N–H and O–H groups in total. The van der Waals surface area contributed by atoms with Crippen LogP contribution in [0.5, 0.6) is 0 Å². The second kappa shape index (κ2) is 8.17. The number of amides is 1. The molecule has 1 heterocycles. The van der Waals surface area contributed by atoms with Gasteiger partial charge in [0.05, 0.1) is 26.2 Å². The Labute approximate surface area is 150 Å². The number of nitrogens with zero attached hydrogens (tertiary/aromatic N) is 1. The molecule has 0 aromatic heterocycles. The second-order valence-corrected chi connectivity index (χ2v) is 6.80. The van der Waals surface area contributed by atoms with E-state index in [1.165, 1.54) is 21.7 Å². The molecule has 1 amide bonds. The van der Waals surface area contributed by atoms with Crippen molar-refractivity contribution in [2.24, 2.45) is 0 Å². The molecule has 0 unspecified atom stereocenters. The van der Waals surface area contributed by atoms with Crippen molar-refractivity contribution in [1.82, 2.24) is 0 Å². The van der Waals surface area contributed by atoms with Crippen molar-refractivity contribution in [2.45, 2.75) is 20.3 Å². The van der Waals surface area contributed by atoms with Gasteiger partial charge in [-0.15, -0.1) is 0 Å². The number of aryl methyl sites for hydroxylation is 2. The van der Waals surface area contributed by atoms with Crippen LogP contribution in [0.25, 0.3) is 0 Å². The van der Waals surface area contributed by atoms with Crippen LogP contribution in [0, 0.1) is 6.92 Å². The molecule has 0 atom stereocenters. The summed E-state index contributed by atoms with van der Waals surface area (Å²) in [7, 11) is 0. The number of nitrogens with one attached hydrogen (secondary N) is 2. The monoisotopic (exact) mass is 338 g/mol. The minimum atomic E-state index is 0.101. The molecule has 0 spiro atoms. The molecule has 0 radical (unpaired) electrons. The van der Waals surface area contributed by atoms with Crippen LogP contribution in [0.3, 0.4) is 0 Å². The van der Waals surface area contributed by atoms with E-state index in [1.54, 1.807) is 0 Å². The molecule has 3 rings (SSSR count). The van der Waals surface area contributed by atoms with Crippen molar-refractivity contribution in [1.29, 1.82) is 0 Å². The Morgan fingerprint density at radius 3 is 2.40 bits per heavy atom. The van der Waals surface area contributed by atoms with Crippen LogP contribution in [0.1, 0.15) is 18.1 Å². The van der Waals surface area contributed by atoms with Crippen LogP contribution in [-0.2, 0) is 11.2 Å². The average molecular weight is 338 g/mol. The van der Waals surface area contributed by atoms with Gasteiger partial charge in [-0.05, 0) is 42.7 Å². The lowest BCUT2D eigenvalue weighted by molar-refractivity contribution is -0.892. The van der Waals surface area contributed by atoms with E-state index in [0.29, 0.717) is 6.54 Å². The number of piperazine rings is 1. The smallest absolute Gasteiger partial charge is 0.279 e. The fraction of sp³-hybridized carbons (Fsp3) is 0.381. The molecule has 0 saturated carbocycles.